The van der Waals surface area contributed by atoms with Gasteiger partial charge >= 0.3 is 10.1 Å². The first-order valence-electron chi connectivity index (χ1n) is 5.55. The number of nitro benzene ring substituents is 1. The van der Waals surface area contributed by atoms with E-state index in [1.165, 1.54) is 30.4 Å². The molecule has 0 spiro atoms. The molecule has 0 unspecified atom stereocenters. The Labute approximate surface area is 119 Å². The van der Waals surface area contributed by atoms with Gasteiger partial charge in [0.2, 0.25) is 0 Å². The molecule has 1 aliphatic carbocycles. The van der Waals surface area contributed by atoms with Crippen molar-refractivity contribution in [2.75, 3.05) is 0 Å². The largest absolute Gasteiger partial charge is 0.358 e. The van der Waals surface area contributed by atoms with Crippen molar-refractivity contribution >= 4 is 27.3 Å². The lowest BCUT2D eigenvalue weighted by Crippen LogP contribution is -2.06. The van der Waals surface area contributed by atoms with Crippen LogP contribution in [-0.4, -0.2) is 24.8 Å². The van der Waals surface area contributed by atoms with Gasteiger partial charge in [-0.15, -0.1) is 0 Å². The van der Waals surface area contributed by atoms with Crippen molar-refractivity contribution < 1.29 is 22.4 Å². The van der Waals surface area contributed by atoms with Crippen LogP contribution >= 0.6 is 0 Å². The van der Waals surface area contributed by atoms with E-state index in [4.69, 9.17) is 0 Å². The van der Waals surface area contributed by atoms with Crippen LogP contribution in [0.15, 0.2) is 58.6 Å². The molecule has 108 valence electrons. The highest BCUT2D eigenvalue weighted by Gasteiger charge is 2.19. The summed E-state index contributed by atoms with van der Waals surface area (Å²) in [4.78, 5) is 20.4. The van der Waals surface area contributed by atoms with Crippen LogP contribution in [0.3, 0.4) is 0 Å². The van der Waals surface area contributed by atoms with Crippen molar-refractivity contribution in [1.29, 1.82) is 0 Å². The molecule has 9 heteroatoms. The maximum Gasteiger partial charge on any atom is 0.358 e. The number of nitrogens with zero attached hydrogens (tertiary/aromatic N) is 2. The Kier molecular flexibility index (Phi) is 3.94. The lowest BCUT2D eigenvalue weighted by atomic mass is 10.2. The van der Waals surface area contributed by atoms with Crippen molar-refractivity contribution in [1.82, 2.24) is 0 Å². The Hall–Kier alpha value is -2.81. The van der Waals surface area contributed by atoms with Crippen LogP contribution in [0, 0.1) is 10.1 Å². The van der Waals surface area contributed by atoms with E-state index in [1.54, 1.807) is 0 Å². The minimum atomic E-state index is -4.27. The Balaban J connectivity index is 2.23. The number of benzene rings is 1. The Bertz CT molecular complexity index is 774. The van der Waals surface area contributed by atoms with E-state index in [9.17, 15) is 23.3 Å². The molecule has 1 aromatic carbocycles. The normalized spacial score (nSPS) is 14.1. The first kappa shape index (κ1) is 14.6. The van der Waals surface area contributed by atoms with E-state index in [2.05, 4.69) is 9.44 Å². The van der Waals surface area contributed by atoms with E-state index >= 15 is 0 Å². The summed E-state index contributed by atoms with van der Waals surface area (Å²) in [6.07, 6.45) is 4.96. The fourth-order valence-electron chi connectivity index (χ4n) is 1.39. The Morgan fingerprint density at radius 3 is 2.43 bits per heavy atom. The highest BCUT2D eigenvalue weighted by molar-refractivity contribution is 7.86. The van der Waals surface area contributed by atoms with Gasteiger partial charge in [-0.3, -0.25) is 19.2 Å². The Morgan fingerprint density at radius 2 is 1.81 bits per heavy atom. The summed E-state index contributed by atoms with van der Waals surface area (Å²) in [5, 5.41) is 14.0. The van der Waals surface area contributed by atoms with Crippen molar-refractivity contribution in [2.24, 2.45) is 5.16 Å². The fraction of sp³-hybridized carbons (Fsp3) is 0. The third-order valence-electron chi connectivity index (χ3n) is 2.39. The van der Waals surface area contributed by atoms with E-state index in [-0.39, 0.29) is 22.1 Å². The zero-order valence-electron chi connectivity index (χ0n) is 10.4. The summed E-state index contributed by atoms with van der Waals surface area (Å²) >= 11 is 0. The maximum atomic E-state index is 11.8. The molecular weight excluding hydrogens is 300 g/mol. The molecule has 0 saturated heterocycles. The summed E-state index contributed by atoms with van der Waals surface area (Å²) in [6, 6.07) is 4.40. The predicted octanol–water partition coefficient (Wildman–Crippen LogP) is 1.35. The van der Waals surface area contributed by atoms with Crippen molar-refractivity contribution in [2.45, 2.75) is 4.90 Å². The van der Waals surface area contributed by atoms with Gasteiger partial charge in [0.25, 0.3) is 5.69 Å². The summed E-state index contributed by atoms with van der Waals surface area (Å²) in [7, 11) is -4.27. The number of oxime groups is 1. The fourth-order valence-corrected chi connectivity index (χ4v) is 2.18. The number of non-ortho nitro benzene ring substituents is 1. The van der Waals surface area contributed by atoms with Crippen LogP contribution in [0.25, 0.3) is 0 Å². The lowest BCUT2D eigenvalue weighted by molar-refractivity contribution is -0.385. The van der Waals surface area contributed by atoms with Crippen molar-refractivity contribution in [3.63, 3.8) is 0 Å². The van der Waals surface area contributed by atoms with Gasteiger partial charge in [-0.2, -0.15) is 8.42 Å². The maximum absolute atomic E-state index is 11.8. The molecule has 8 nitrogen and oxygen atoms in total. The predicted molar refractivity (Wildman–Crippen MR) is 72.1 cm³/mol. The van der Waals surface area contributed by atoms with E-state index in [1.807, 2.05) is 0 Å². The Morgan fingerprint density at radius 1 is 1.14 bits per heavy atom. The number of rotatable bonds is 4. The number of allylic oxidation sites excluding steroid dienone is 4. The number of carbonyl (C=O) groups excluding carboxylic acids is 1. The first-order valence-corrected chi connectivity index (χ1v) is 6.95. The molecule has 0 radical (unpaired) electrons. The van der Waals surface area contributed by atoms with Crippen LogP contribution in [0.5, 0.6) is 0 Å². The van der Waals surface area contributed by atoms with E-state index in [0.717, 1.165) is 18.2 Å². The van der Waals surface area contributed by atoms with E-state index in [0.29, 0.717) is 0 Å². The van der Waals surface area contributed by atoms with Crippen LogP contribution < -0.4 is 0 Å². The van der Waals surface area contributed by atoms with Gasteiger partial charge in [-0.05, 0) is 30.4 Å². The minimum Gasteiger partial charge on any atom is -0.290 e. The van der Waals surface area contributed by atoms with Crippen LogP contribution in [-0.2, 0) is 19.2 Å². The average molecular weight is 308 g/mol. The van der Waals surface area contributed by atoms with Crippen LogP contribution in [0.2, 0.25) is 0 Å². The van der Waals surface area contributed by atoms with Crippen LogP contribution in [0.1, 0.15) is 0 Å². The standard InChI is InChI=1S/C12H8N2O6S/c15-11-6-4-9(5-7-11)13-20-21(18,19)12-3-1-2-10(8-12)14(16)17/h1-8H. The van der Waals surface area contributed by atoms with E-state index < -0.39 is 15.0 Å². The zero-order chi connectivity index (χ0) is 15.5. The van der Waals surface area contributed by atoms with Gasteiger partial charge in [-0.1, -0.05) is 11.2 Å². The monoisotopic (exact) mass is 308 g/mol. The highest BCUT2D eigenvalue weighted by Crippen LogP contribution is 2.19. The van der Waals surface area contributed by atoms with Gasteiger partial charge in [0.15, 0.2) is 5.78 Å². The average Bonchev–Trinajstić information content (AvgIpc) is 2.47. The molecule has 0 heterocycles. The molecule has 0 amide bonds. The molecule has 0 fully saturated rings. The molecule has 21 heavy (non-hydrogen) atoms. The molecule has 0 N–H and O–H groups in total. The van der Waals surface area contributed by atoms with Crippen molar-refractivity contribution in [3.05, 3.63) is 58.7 Å². The molecule has 2 rings (SSSR count). The number of carbonyl (C=O) groups is 1. The quantitative estimate of drug-likeness (QED) is 0.471. The molecule has 0 aromatic heterocycles. The molecular formula is C12H8N2O6S. The topological polar surface area (TPSA) is 116 Å². The summed E-state index contributed by atoms with van der Waals surface area (Å²) in [5.41, 5.74) is -0.251. The zero-order valence-corrected chi connectivity index (χ0v) is 11.2. The third kappa shape index (κ3) is 3.60. The molecule has 0 atom stereocenters. The second-order valence-electron chi connectivity index (χ2n) is 3.87. The van der Waals surface area contributed by atoms with Gasteiger partial charge in [0.05, 0.1) is 4.92 Å². The number of hydrogen-bond acceptors (Lipinski definition) is 7. The lowest BCUT2D eigenvalue weighted by Gasteiger charge is -2.03. The first-order chi connectivity index (χ1) is 9.88. The second-order valence-corrected chi connectivity index (χ2v) is 5.40. The van der Waals surface area contributed by atoms with Gasteiger partial charge < -0.3 is 0 Å². The highest BCUT2D eigenvalue weighted by atomic mass is 32.2. The van der Waals surface area contributed by atoms with Crippen LogP contribution in [0.4, 0.5) is 5.69 Å². The summed E-state index contributed by atoms with van der Waals surface area (Å²) < 4.78 is 28.1. The summed E-state index contributed by atoms with van der Waals surface area (Å²) in [5.74, 6) is -0.254. The van der Waals surface area contributed by atoms with Crippen molar-refractivity contribution in [3.8, 4) is 0 Å². The van der Waals surface area contributed by atoms with Gasteiger partial charge in [0, 0.05) is 12.1 Å². The molecule has 0 aliphatic heterocycles. The van der Waals surface area contributed by atoms with Gasteiger partial charge in [-0.25, -0.2) is 0 Å². The smallest absolute Gasteiger partial charge is 0.290 e. The number of hydrogen-bond donors (Lipinski definition) is 0. The molecule has 1 aliphatic rings. The number of nitro groups is 1. The second kappa shape index (κ2) is 5.67. The number of ketones is 1. The third-order valence-corrected chi connectivity index (χ3v) is 3.50. The minimum absolute atomic E-state index is 0.128. The molecule has 0 saturated carbocycles. The summed E-state index contributed by atoms with van der Waals surface area (Å²) in [6.45, 7) is 0. The van der Waals surface area contributed by atoms with Gasteiger partial charge in [0.1, 0.15) is 10.6 Å². The molecule has 0 bridgehead atoms. The SMILES string of the molecule is O=C1C=CC(=NOS(=O)(=O)c2cccc([N+](=O)[O-])c2)C=C1. The molecule has 1 aromatic rings.